The summed E-state index contributed by atoms with van der Waals surface area (Å²) >= 11 is 0. The third-order valence-electron chi connectivity index (χ3n) is 7.67. The van der Waals surface area contributed by atoms with E-state index in [2.05, 4.69) is 68.4 Å². The third kappa shape index (κ3) is 6.71. The van der Waals surface area contributed by atoms with Gasteiger partial charge < -0.3 is 0 Å². The minimum absolute atomic E-state index is 0.0577. The van der Waals surface area contributed by atoms with E-state index in [1.54, 1.807) is 0 Å². The van der Waals surface area contributed by atoms with E-state index in [0.29, 0.717) is 5.92 Å². The van der Waals surface area contributed by atoms with Crippen molar-refractivity contribution in [1.82, 2.24) is 0 Å². The minimum atomic E-state index is -0.0577. The molecule has 0 spiro atoms. The van der Waals surface area contributed by atoms with Gasteiger partial charge in [-0.1, -0.05) is 107 Å². The zero-order valence-corrected chi connectivity index (χ0v) is 20.5. The van der Waals surface area contributed by atoms with Crippen molar-refractivity contribution < 1.29 is 0 Å². The summed E-state index contributed by atoms with van der Waals surface area (Å²) in [5.74, 6) is 0.617. The van der Waals surface area contributed by atoms with E-state index in [1.165, 1.54) is 92.9 Å². The molecule has 0 N–H and O–H groups in total. The maximum atomic E-state index is 9.86. The molecule has 2 aromatic carbocycles. The van der Waals surface area contributed by atoms with Gasteiger partial charge in [0.05, 0.1) is 11.5 Å². The molecule has 3 rings (SSSR count). The van der Waals surface area contributed by atoms with Gasteiger partial charge in [0, 0.05) is 0 Å². The summed E-state index contributed by atoms with van der Waals surface area (Å²) in [6.45, 7) is 4.52. The van der Waals surface area contributed by atoms with Crippen LogP contribution in [0, 0.1) is 16.7 Å². The maximum Gasteiger partial charge on any atom is 0.0689 e. The molecule has 1 fully saturated rings. The van der Waals surface area contributed by atoms with Crippen LogP contribution in [0.1, 0.15) is 114 Å². The van der Waals surface area contributed by atoms with Crippen LogP contribution in [0.15, 0.2) is 48.5 Å². The summed E-state index contributed by atoms with van der Waals surface area (Å²) in [6.07, 6.45) is 17.2. The van der Waals surface area contributed by atoms with E-state index in [1.807, 2.05) is 0 Å². The Hall–Kier alpha value is -2.07. The van der Waals surface area contributed by atoms with Crippen LogP contribution in [0.3, 0.4) is 0 Å². The molecular weight excluding hydrogens is 386 g/mol. The van der Waals surface area contributed by atoms with E-state index in [0.717, 1.165) is 19.3 Å². The topological polar surface area (TPSA) is 23.8 Å². The third-order valence-corrected chi connectivity index (χ3v) is 7.67. The van der Waals surface area contributed by atoms with Gasteiger partial charge in [-0.3, -0.25) is 0 Å². The van der Waals surface area contributed by atoms with Crippen molar-refractivity contribution >= 4 is 0 Å². The zero-order valence-electron chi connectivity index (χ0n) is 20.5. The molecule has 0 unspecified atom stereocenters. The summed E-state index contributed by atoms with van der Waals surface area (Å²) in [6, 6.07) is 20.9. The minimum Gasteiger partial charge on any atom is -0.198 e. The summed E-state index contributed by atoms with van der Waals surface area (Å²) in [4.78, 5) is 0. The SMILES string of the molecule is CCCCCCCCc1cc(C2CCC(C#N)(CCCC)CC2)ccc1-c1ccccc1. The van der Waals surface area contributed by atoms with Crippen LogP contribution in [-0.2, 0) is 6.42 Å². The lowest BCUT2D eigenvalue weighted by Gasteiger charge is -2.35. The highest BCUT2D eigenvalue weighted by Crippen LogP contribution is 2.46. The molecule has 0 bridgehead atoms. The number of unbranched alkanes of at least 4 members (excludes halogenated alkanes) is 6. The lowest BCUT2D eigenvalue weighted by molar-refractivity contribution is 0.224. The second-order valence-corrected chi connectivity index (χ2v) is 10.1. The van der Waals surface area contributed by atoms with E-state index >= 15 is 0 Å². The van der Waals surface area contributed by atoms with Crippen molar-refractivity contribution in [3.63, 3.8) is 0 Å². The first-order chi connectivity index (χ1) is 15.7. The fourth-order valence-electron chi connectivity index (χ4n) is 5.51. The number of hydrogen-bond acceptors (Lipinski definition) is 1. The number of hydrogen-bond donors (Lipinski definition) is 0. The normalized spacial score (nSPS) is 20.7. The highest BCUT2D eigenvalue weighted by molar-refractivity contribution is 5.68. The molecule has 0 aliphatic heterocycles. The van der Waals surface area contributed by atoms with E-state index < -0.39 is 0 Å². The molecule has 1 aliphatic rings. The molecule has 1 aliphatic carbocycles. The smallest absolute Gasteiger partial charge is 0.0689 e. The zero-order chi connectivity index (χ0) is 22.7. The van der Waals surface area contributed by atoms with Gasteiger partial charge in [0.25, 0.3) is 0 Å². The van der Waals surface area contributed by atoms with E-state index in [-0.39, 0.29) is 5.41 Å². The molecule has 0 saturated heterocycles. The van der Waals surface area contributed by atoms with Crippen LogP contribution in [-0.4, -0.2) is 0 Å². The molecule has 2 aromatic rings. The molecule has 0 radical (unpaired) electrons. The monoisotopic (exact) mass is 429 g/mol. The Bertz CT molecular complexity index is 837. The summed E-state index contributed by atoms with van der Waals surface area (Å²) < 4.78 is 0. The Morgan fingerprint density at radius 2 is 1.53 bits per heavy atom. The molecule has 0 heterocycles. The lowest BCUT2D eigenvalue weighted by atomic mass is 9.67. The quantitative estimate of drug-likeness (QED) is 0.308. The highest BCUT2D eigenvalue weighted by Gasteiger charge is 2.35. The predicted molar refractivity (Wildman–Crippen MR) is 138 cm³/mol. The van der Waals surface area contributed by atoms with E-state index in [4.69, 9.17) is 0 Å². The fourth-order valence-corrected chi connectivity index (χ4v) is 5.51. The Morgan fingerprint density at radius 3 is 2.22 bits per heavy atom. The predicted octanol–water partition coefficient (Wildman–Crippen LogP) is 9.61. The van der Waals surface area contributed by atoms with Crippen molar-refractivity contribution in [3.05, 3.63) is 59.7 Å². The number of nitriles is 1. The first-order valence-corrected chi connectivity index (χ1v) is 13.3. The molecule has 0 atom stereocenters. The van der Waals surface area contributed by atoms with Gasteiger partial charge in [-0.15, -0.1) is 0 Å². The Balaban J connectivity index is 1.71. The average Bonchev–Trinajstić information content (AvgIpc) is 2.85. The van der Waals surface area contributed by atoms with Gasteiger partial charge in [-0.05, 0) is 73.1 Å². The van der Waals surface area contributed by atoms with Crippen LogP contribution in [0.25, 0.3) is 11.1 Å². The van der Waals surface area contributed by atoms with Crippen LogP contribution < -0.4 is 0 Å². The first kappa shape index (κ1) is 24.6. The van der Waals surface area contributed by atoms with Crippen molar-refractivity contribution in [1.29, 1.82) is 5.26 Å². The Labute approximate surface area is 197 Å². The first-order valence-electron chi connectivity index (χ1n) is 13.3. The summed E-state index contributed by atoms with van der Waals surface area (Å²) in [7, 11) is 0. The van der Waals surface area contributed by atoms with E-state index in [9.17, 15) is 5.26 Å². The average molecular weight is 430 g/mol. The second kappa shape index (κ2) is 12.8. The van der Waals surface area contributed by atoms with Crippen LogP contribution >= 0.6 is 0 Å². The molecule has 1 nitrogen and oxygen atoms in total. The molecule has 0 aromatic heterocycles. The van der Waals surface area contributed by atoms with Gasteiger partial charge in [-0.25, -0.2) is 0 Å². The largest absolute Gasteiger partial charge is 0.198 e. The second-order valence-electron chi connectivity index (χ2n) is 10.1. The molecule has 1 heteroatoms. The maximum absolute atomic E-state index is 9.86. The fraction of sp³-hybridized carbons (Fsp3) is 0.581. The molecule has 172 valence electrons. The number of nitrogens with zero attached hydrogens (tertiary/aromatic N) is 1. The molecule has 1 saturated carbocycles. The summed E-state index contributed by atoms with van der Waals surface area (Å²) in [5.41, 5.74) is 5.72. The van der Waals surface area contributed by atoms with Crippen LogP contribution in [0.4, 0.5) is 0 Å². The number of rotatable bonds is 12. The van der Waals surface area contributed by atoms with Crippen molar-refractivity contribution in [2.24, 2.45) is 5.41 Å². The number of aryl methyl sites for hydroxylation is 1. The van der Waals surface area contributed by atoms with Crippen LogP contribution in [0.5, 0.6) is 0 Å². The molecule has 32 heavy (non-hydrogen) atoms. The number of benzene rings is 2. The van der Waals surface area contributed by atoms with Gasteiger partial charge >= 0.3 is 0 Å². The Kier molecular flexibility index (Phi) is 9.86. The van der Waals surface area contributed by atoms with Crippen molar-refractivity contribution in [2.45, 2.75) is 110 Å². The molecule has 0 amide bonds. The van der Waals surface area contributed by atoms with Crippen molar-refractivity contribution in [3.8, 4) is 17.2 Å². The highest BCUT2D eigenvalue weighted by atomic mass is 14.4. The van der Waals surface area contributed by atoms with Crippen LogP contribution in [0.2, 0.25) is 0 Å². The van der Waals surface area contributed by atoms with Gasteiger partial charge in [0.1, 0.15) is 0 Å². The summed E-state index contributed by atoms with van der Waals surface area (Å²) in [5, 5.41) is 9.86. The van der Waals surface area contributed by atoms with Crippen molar-refractivity contribution in [2.75, 3.05) is 0 Å². The lowest BCUT2D eigenvalue weighted by Crippen LogP contribution is -2.25. The van der Waals surface area contributed by atoms with Gasteiger partial charge in [-0.2, -0.15) is 5.26 Å². The molecular formula is C31H43N. The standard InChI is InChI=1S/C31H43N/c1-3-5-7-8-9-11-16-29-24-28(17-18-30(29)27-14-12-10-13-15-27)26-19-22-31(25-32,23-20-26)21-6-4-2/h10,12-15,17-18,24,26H,3-9,11,16,19-23H2,1-2H3. The Morgan fingerprint density at radius 1 is 0.844 bits per heavy atom. The van der Waals surface area contributed by atoms with Gasteiger partial charge in [0.15, 0.2) is 0 Å². The van der Waals surface area contributed by atoms with Gasteiger partial charge in [0.2, 0.25) is 0 Å².